The first-order valence-electron chi connectivity index (χ1n) is 8.15. The number of carbonyl (C=O) groups excluding carboxylic acids is 1. The summed E-state index contributed by atoms with van der Waals surface area (Å²) < 4.78 is 18.3. The highest BCUT2D eigenvalue weighted by atomic mass is 16.5. The molecule has 26 heavy (non-hydrogen) atoms. The molecule has 1 aromatic carbocycles. The summed E-state index contributed by atoms with van der Waals surface area (Å²) >= 11 is 0. The van der Waals surface area contributed by atoms with Crippen LogP contribution >= 0.6 is 0 Å². The molecule has 2 heterocycles. The van der Waals surface area contributed by atoms with Crippen LogP contribution in [-0.2, 0) is 20.2 Å². The van der Waals surface area contributed by atoms with Crippen LogP contribution < -0.4 is 9.47 Å². The summed E-state index contributed by atoms with van der Waals surface area (Å²) in [6.07, 6.45) is 1.70. The van der Waals surface area contributed by atoms with Crippen LogP contribution in [0.4, 0.5) is 0 Å². The molecule has 0 aliphatic carbocycles. The summed E-state index contributed by atoms with van der Waals surface area (Å²) in [6.45, 7) is 0.655. The number of ether oxygens (including phenoxy) is 2. The van der Waals surface area contributed by atoms with E-state index in [0.717, 1.165) is 5.69 Å². The van der Waals surface area contributed by atoms with Gasteiger partial charge in [-0.15, -0.1) is 0 Å². The molecule has 0 aliphatic rings. The van der Waals surface area contributed by atoms with Crippen molar-refractivity contribution in [3.05, 3.63) is 65.9 Å². The topological polar surface area (TPSA) is 69.7 Å². The highest BCUT2D eigenvalue weighted by Crippen LogP contribution is 2.26. The van der Waals surface area contributed by atoms with Gasteiger partial charge in [-0.05, 0) is 30.3 Å². The van der Waals surface area contributed by atoms with Crippen molar-refractivity contribution >= 4 is 5.91 Å². The zero-order valence-electron chi connectivity index (χ0n) is 15.0. The number of carbonyl (C=O) groups is 1. The zero-order chi connectivity index (χ0) is 18.5. The third-order valence-corrected chi connectivity index (χ3v) is 3.98. The van der Waals surface area contributed by atoms with Crippen LogP contribution in [0.1, 0.15) is 22.0 Å². The Balaban J connectivity index is 1.62. The molecule has 0 spiro atoms. The molecule has 7 heteroatoms. The van der Waals surface area contributed by atoms with Gasteiger partial charge in [-0.1, -0.05) is 12.1 Å². The SMILES string of the molecule is COc1ccccc1OCc1ccc(C(=O)N(C)Cc2ccnn2C)o1. The molecule has 0 unspecified atom stereocenters. The molecular formula is C19H21N3O4. The van der Waals surface area contributed by atoms with Gasteiger partial charge in [-0.2, -0.15) is 5.10 Å². The molecule has 2 aromatic heterocycles. The Morgan fingerprint density at radius 1 is 1.19 bits per heavy atom. The minimum Gasteiger partial charge on any atom is -0.493 e. The third kappa shape index (κ3) is 3.88. The molecule has 0 fully saturated rings. The van der Waals surface area contributed by atoms with E-state index in [-0.39, 0.29) is 18.3 Å². The van der Waals surface area contributed by atoms with Gasteiger partial charge in [0.25, 0.3) is 5.91 Å². The lowest BCUT2D eigenvalue weighted by Gasteiger charge is -2.15. The lowest BCUT2D eigenvalue weighted by molar-refractivity contribution is 0.0746. The van der Waals surface area contributed by atoms with Crippen LogP contribution in [0.15, 0.2) is 53.1 Å². The Morgan fingerprint density at radius 3 is 2.65 bits per heavy atom. The van der Waals surface area contributed by atoms with Crippen molar-refractivity contribution in [3.63, 3.8) is 0 Å². The maximum absolute atomic E-state index is 12.5. The number of aromatic nitrogens is 2. The average molecular weight is 355 g/mol. The second-order valence-corrected chi connectivity index (χ2v) is 5.81. The van der Waals surface area contributed by atoms with Crippen LogP contribution in [0.2, 0.25) is 0 Å². The first-order valence-corrected chi connectivity index (χ1v) is 8.15. The standard InChI is InChI=1S/C19H21N3O4/c1-21(12-14-10-11-20-22(14)2)19(23)18-9-8-15(26-18)13-25-17-7-5-4-6-16(17)24-3/h4-11H,12-13H2,1-3H3. The van der Waals surface area contributed by atoms with Crippen LogP contribution in [0.3, 0.4) is 0 Å². The lowest BCUT2D eigenvalue weighted by atomic mass is 10.3. The highest BCUT2D eigenvalue weighted by Gasteiger charge is 2.17. The fraction of sp³-hybridized carbons (Fsp3) is 0.263. The van der Waals surface area contributed by atoms with Gasteiger partial charge >= 0.3 is 0 Å². The van der Waals surface area contributed by atoms with E-state index in [0.29, 0.717) is 23.8 Å². The molecule has 0 aliphatic heterocycles. The lowest BCUT2D eigenvalue weighted by Crippen LogP contribution is -2.26. The van der Waals surface area contributed by atoms with Crippen LogP contribution in [0, 0.1) is 0 Å². The van der Waals surface area contributed by atoms with Gasteiger partial charge in [0.1, 0.15) is 12.4 Å². The van der Waals surface area contributed by atoms with Crippen molar-refractivity contribution in [2.24, 2.45) is 7.05 Å². The van der Waals surface area contributed by atoms with Gasteiger partial charge in [0.05, 0.1) is 19.3 Å². The molecule has 0 bridgehead atoms. The largest absolute Gasteiger partial charge is 0.493 e. The number of hydrogen-bond acceptors (Lipinski definition) is 5. The van der Waals surface area contributed by atoms with Crippen LogP contribution in [0.5, 0.6) is 11.5 Å². The van der Waals surface area contributed by atoms with Crippen molar-refractivity contribution in [2.45, 2.75) is 13.2 Å². The molecule has 3 rings (SSSR count). The normalized spacial score (nSPS) is 10.6. The van der Waals surface area contributed by atoms with E-state index in [4.69, 9.17) is 13.9 Å². The quantitative estimate of drug-likeness (QED) is 0.652. The number of methoxy groups -OCH3 is 1. The maximum Gasteiger partial charge on any atom is 0.289 e. The first-order chi connectivity index (χ1) is 12.6. The number of para-hydroxylation sites is 2. The van der Waals surface area contributed by atoms with Crippen molar-refractivity contribution in [3.8, 4) is 11.5 Å². The summed E-state index contributed by atoms with van der Waals surface area (Å²) in [7, 11) is 5.15. The van der Waals surface area contributed by atoms with E-state index in [1.807, 2.05) is 37.4 Å². The van der Waals surface area contributed by atoms with Crippen molar-refractivity contribution in [2.75, 3.05) is 14.2 Å². The predicted molar refractivity (Wildman–Crippen MR) is 95.0 cm³/mol. The zero-order valence-corrected chi connectivity index (χ0v) is 15.0. The Kier molecular flexibility index (Phi) is 5.26. The van der Waals surface area contributed by atoms with E-state index in [1.165, 1.54) is 0 Å². The number of benzene rings is 1. The monoisotopic (exact) mass is 355 g/mol. The number of nitrogens with zero attached hydrogens (tertiary/aromatic N) is 3. The summed E-state index contributed by atoms with van der Waals surface area (Å²) in [4.78, 5) is 14.1. The number of amides is 1. The molecule has 7 nitrogen and oxygen atoms in total. The Hall–Kier alpha value is -3.22. The Bertz CT molecular complexity index is 884. The maximum atomic E-state index is 12.5. The third-order valence-electron chi connectivity index (χ3n) is 3.98. The van der Waals surface area contributed by atoms with Gasteiger partial charge in [-0.3, -0.25) is 9.48 Å². The summed E-state index contributed by atoms with van der Waals surface area (Å²) in [5, 5.41) is 4.10. The molecule has 0 saturated heterocycles. The highest BCUT2D eigenvalue weighted by molar-refractivity contribution is 5.91. The van der Waals surface area contributed by atoms with Gasteiger partial charge in [0.2, 0.25) is 0 Å². The number of rotatable bonds is 7. The smallest absolute Gasteiger partial charge is 0.289 e. The molecular weight excluding hydrogens is 334 g/mol. The van der Waals surface area contributed by atoms with Gasteiger partial charge in [-0.25, -0.2) is 0 Å². The fourth-order valence-electron chi connectivity index (χ4n) is 2.52. The molecule has 0 saturated carbocycles. The van der Waals surface area contributed by atoms with E-state index < -0.39 is 0 Å². The molecule has 136 valence electrons. The van der Waals surface area contributed by atoms with Crippen molar-refractivity contribution in [1.29, 1.82) is 0 Å². The average Bonchev–Trinajstić information content (AvgIpc) is 3.29. The van der Waals surface area contributed by atoms with Crippen molar-refractivity contribution in [1.82, 2.24) is 14.7 Å². The van der Waals surface area contributed by atoms with E-state index in [1.54, 1.807) is 42.1 Å². The summed E-state index contributed by atoms with van der Waals surface area (Å²) in [5.41, 5.74) is 0.937. The second-order valence-electron chi connectivity index (χ2n) is 5.81. The fourth-order valence-corrected chi connectivity index (χ4v) is 2.52. The van der Waals surface area contributed by atoms with Crippen LogP contribution in [0.25, 0.3) is 0 Å². The van der Waals surface area contributed by atoms with Gasteiger partial charge in [0, 0.05) is 20.3 Å². The minimum absolute atomic E-state index is 0.199. The summed E-state index contributed by atoms with van der Waals surface area (Å²) in [5.74, 6) is 1.90. The van der Waals surface area contributed by atoms with Crippen LogP contribution in [-0.4, -0.2) is 34.7 Å². The van der Waals surface area contributed by atoms with E-state index in [2.05, 4.69) is 5.10 Å². The van der Waals surface area contributed by atoms with Gasteiger partial charge in [0.15, 0.2) is 17.3 Å². The first kappa shape index (κ1) is 17.6. The van der Waals surface area contributed by atoms with E-state index >= 15 is 0 Å². The number of hydrogen-bond donors (Lipinski definition) is 0. The second kappa shape index (κ2) is 7.77. The molecule has 0 N–H and O–H groups in total. The minimum atomic E-state index is -0.199. The van der Waals surface area contributed by atoms with Gasteiger partial charge < -0.3 is 18.8 Å². The Labute approximate surface area is 151 Å². The van der Waals surface area contributed by atoms with Crippen molar-refractivity contribution < 1.29 is 18.7 Å². The Morgan fingerprint density at radius 2 is 1.96 bits per heavy atom. The summed E-state index contributed by atoms with van der Waals surface area (Å²) in [6, 6.07) is 12.6. The number of aryl methyl sites for hydroxylation is 1. The number of furan rings is 1. The molecule has 0 radical (unpaired) electrons. The van der Waals surface area contributed by atoms with E-state index in [9.17, 15) is 4.79 Å². The predicted octanol–water partition coefficient (Wildman–Crippen LogP) is 2.87. The molecule has 1 amide bonds. The molecule has 3 aromatic rings. The molecule has 0 atom stereocenters.